The van der Waals surface area contributed by atoms with E-state index in [0.29, 0.717) is 6.61 Å². The molecule has 23 heavy (non-hydrogen) atoms. The van der Waals surface area contributed by atoms with Gasteiger partial charge in [0.05, 0.1) is 19.1 Å². The lowest BCUT2D eigenvalue weighted by molar-refractivity contribution is -0.145. The lowest BCUT2D eigenvalue weighted by Crippen LogP contribution is -2.41. The molecule has 1 aromatic rings. The molecule has 1 aromatic carbocycles. The molecule has 0 radical (unpaired) electrons. The van der Waals surface area contributed by atoms with Gasteiger partial charge in [-0.1, -0.05) is 0 Å². The van der Waals surface area contributed by atoms with Crippen LogP contribution in [0.5, 0.6) is 5.75 Å². The summed E-state index contributed by atoms with van der Waals surface area (Å²) in [6.07, 6.45) is 1.74. The van der Waals surface area contributed by atoms with Crippen LogP contribution in [0.15, 0.2) is 24.3 Å². The van der Waals surface area contributed by atoms with Crippen LogP contribution >= 0.6 is 0 Å². The molecule has 0 spiro atoms. The Morgan fingerprint density at radius 2 is 2.09 bits per heavy atom. The van der Waals surface area contributed by atoms with Crippen molar-refractivity contribution in [2.45, 2.75) is 37.9 Å². The second kappa shape index (κ2) is 8.47. The van der Waals surface area contributed by atoms with E-state index in [-0.39, 0.29) is 30.7 Å². The van der Waals surface area contributed by atoms with Crippen molar-refractivity contribution in [3.63, 3.8) is 0 Å². The molecule has 0 aliphatic carbocycles. The van der Waals surface area contributed by atoms with E-state index in [0.717, 1.165) is 19.3 Å². The molecule has 1 saturated heterocycles. The summed E-state index contributed by atoms with van der Waals surface area (Å²) in [5.41, 5.74) is 0. The molecular weight excluding hydrogens is 305 g/mol. The Kier molecular flexibility index (Phi) is 6.34. The van der Waals surface area contributed by atoms with Gasteiger partial charge >= 0.3 is 5.97 Å². The average molecular weight is 325 g/mol. The maximum Gasteiger partial charge on any atom is 0.346 e. The first-order valence-corrected chi connectivity index (χ1v) is 7.58. The van der Waals surface area contributed by atoms with Crippen molar-refractivity contribution >= 4 is 11.9 Å². The summed E-state index contributed by atoms with van der Waals surface area (Å²) in [7, 11) is 0. The van der Waals surface area contributed by atoms with Crippen LogP contribution in [0.2, 0.25) is 0 Å². The number of hydrogen-bond acceptors (Lipinski definition) is 4. The molecule has 2 N–H and O–H groups in total. The molecule has 0 aromatic heterocycles. The summed E-state index contributed by atoms with van der Waals surface area (Å²) in [6.45, 7) is 0.488. The SMILES string of the molecule is O=C(CC1CCCCO1)NCC(Oc1ccc(F)cc1)C(=O)O. The quantitative estimate of drug-likeness (QED) is 0.797. The Bertz CT molecular complexity index is 528. The first-order chi connectivity index (χ1) is 11.0. The van der Waals surface area contributed by atoms with E-state index in [1.54, 1.807) is 0 Å². The van der Waals surface area contributed by atoms with Gasteiger partial charge in [0.1, 0.15) is 11.6 Å². The summed E-state index contributed by atoms with van der Waals surface area (Å²) >= 11 is 0. The standard InChI is InChI=1S/C16H20FNO5/c17-11-4-6-12(7-5-11)23-14(16(20)21)10-18-15(19)9-13-3-1-2-8-22-13/h4-7,13-14H,1-3,8-10H2,(H,18,19)(H,20,21). The summed E-state index contributed by atoms with van der Waals surface area (Å²) in [6, 6.07) is 5.02. The highest BCUT2D eigenvalue weighted by Gasteiger charge is 2.22. The van der Waals surface area contributed by atoms with Crippen molar-refractivity contribution in [2.24, 2.45) is 0 Å². The summed E-state index contributed by atoms with van der Waals surface area (Å²) in [5, 5.41) is 11.7. The normalized spacial score (nSPS) is 18.9. The molecule has 1 fully saturated rings. The van der Waals surface area contributed by atoms with Crippen LogP contribution < -0.4 is 10.1 Å². The van der Waals surface area contributed by atoms with Gasteiger partial charge in [-0.3, -0.25) is 4.79 Å². The van der Waals surface area contributed by atoms with Crippen LogP contribution in [0.1, 0.15) is 25.7 Å². The lowest BCUT2D eigenvalue weighted by atomic mass is 10.1. The predicted octanol–water partition coefficient (Wildman–Crippen LogP) is 1.73. The minimum atomic E-state index is -1.24. The number of hydrogen-bond donors (Lipinski definition) is 2. The molecule has 1 aliphatic rings. The number of aliphatic carboxylic acids is 1. The van der Waals surface area contributed by atoms with Crippen LogP contribution in [-0.4, -0.2) is 42.3 Å². The number of halogens is 1. The van der Waals surface area contributed by atoms with Crippen molar-refractivity contribution in [1.29, 1.82) is 0 Å². The van der Waals surface area contributed by atoms with E-state index in [1.807, 2.05) is 0 Å². The predicted molar refractivity (Wildman–Crippen MR) is 79.7 cm³/mol. The van der Waals surface area contributed by atoms with Gasteiger partial charge < -0.3 is 19.9 Å². The molecule has 2 rings (SSSR count). The average Bonchev–Trinajstić information content (AvgIpc) is 2.54. The molecule has 2 unspecified atom stereocenters. The Morgan fingerprint density at radius 1 is 1.35 bits per heavy atom. The zero-order chi connectivity index (χ0) is 16.7. The number of carbonyl (C=O) groups is 2. The summed E-state index contributed by atoms with van der Waals surface area (Å²) in [5.74, 6) is -1.69. The zero-order valence-corrected chi connectivity index (χ0v) is 12.7. The third-order valence-electron chi connectivity index (χ3n) is 3.54. The topological polar surface area (TPSA) is 84.9 Å². The molecule has 2 atom stereocenters. The maximum atomic E-state index is 12.8. The Labute approximate surface area is 133 Å². The highest BCUT2D eigenvalue weighted by Crippen LogP contribution is 2.16. The monoisotopic (exact) mass is 325 g/mol. The van der Waals surface area contributed by atoms with Crippen molar-refractivity contribution in [3.8, 4) is 5.75 Å². The van der Waals surface area contributed by atoms with Gasteiger partial charge in [0.2, 0.25) is 12.0 Å². The molecule has 126 valence electrons. The second-order valence-electron chi connectivity index (χ2n) is 5.40. The van der Waals surface area contributed by atoms with E-state index in [2.05, 4.69) is 5.32 Å². The molecule has 0 saturated carbocycles. The number of ether oxygens (including phenoxy) is 2. The number of amides is 1. The molecule has 1 heterocycles. The Morgan fingerprint density at radius 3 is 2.70 bits per heavy atom. The third kappa shape index (κ3) is 5.86. The van der Waals surface area contributed by atoms with Crippen LogP contribution in [0.4, 0.5) is 4.39 Å². The van der Waals surface area contributed by atoms with Crippen molar-refractivity contribution in [3.05, 3.63) is 30.1 Å². The number of carbonyl (C=O) groups excluding carboxylic acids is 1. The van der Waals surface area contributed by atoms with E-state index < -0.39 is 17.9 Å². The maximum absolute atomic E-state index is 12.8. The van der Waals surface area contributed by atoms with Crippen LogP contribution in [0.3, 0.4) is 0 Å². The van der Waals surface area contributed by atoms with Gasteiger partial charge in [0.25, 0.3) is 0 Å². The van der Waals surface area contributed by atoms with Crippen molar-refractivity contribution < 1.29 is 28.6 Å². The summed E-state index contributed by atoms with van der Waals surface area (Å²) < 4.78 is 23.5. The zero-order valence-electron chi connectivity index (χ0n) is 12.7. The smallest absolute Gasteiger partial charge is 0.346 e. The summed E-state index contributed by atoms with van der Waals surface area (Å²) in [4.78, 5) is 23.0. The molecule has 1 aliphatic heterocycles. The van der Waals surface area contributed by atoms with Gasteiger partial charge in [0, 0.05) is 6.61 Å². The molecule has 7 heteroatoms. The van der Waals surface area contributed by atoms with Crippen molar-refractivity contribution in [1.82, 2.24) is 5.32 Å². The van der Waals surface area contributed by atoms with Gasteiger partial charge in [0.15, 0.2) is 0 Å². The van der Waals surface area contributed by atoms with E-state index >= 15 is 0 Å². The van der Waals surface area contributed by atoms with E-state index in [1.165, 1.54) is 24.3 Å². The van der Waals surface area contributed by atoms with E-state index in [9.17, 15) is 14.0 Å². The fourth-order valence-corrected chi connectivity index (χ4v) is 2.31. The Balaban J connectivity index is 1.80. The minimum absolute atomic E-state index is 0.106. The molecule has 0 bridgehead atoms. The molecule has 1 amide bonds. The number of carboxylic acid groups (broad SMARTS) is 1. The van der Waals surface area contributed by atoms with Gasteiger partial charge in [-0.2, -0.15) is 0 Å². The second-order valence-corrected chi connectivity index (χ2v) is 5.40. The fourth-order valence-electron chi connectivity index (χ4n) is 2.31. The number of benzene rings is 1. The van der Waals surface area contributed by atoms with Crippen LogP contribution in [0.25, 0.3) is 0 Å². The van der Waals surface area contributed by atoms with Crippen LogP contribution in [-0.2, 0) is 14.3 Å². The van der Waals surface area contributed by atoms with Gasteiger partial charge in [-0.05, 0) is 43.5 Å². The number of rotatable bonds is 7. The third-order valence-corrected chi connectivity index (χ3v) is 3.54. The highest BCUT2D eigenvalue weighted by molar-refractivity contribution is 5.78. The highest BCUT2D eigenvalue weighted by atomic mass is 19.1. The van der Waals surface area contributed by atoms with Crippen molar-refractivity contribution in [2.75, 3.05) is 13.2 Å². The fraction of sp³-hybridized carbons (Fsp3) is 0.500. The minimum Gasteiger partial charge on any atom is -0.478 e. The van der Waals surface area contributed by atoms with E-state index in [4.69, 9.17) is 14.6 Å². The van der Waals surface area contributed by atoms with Gasteiger partial charge in [-0.15, -0.1) is 0 Å². The van der Waals surface area contributed by atoms with Crippen LogP contribution in [0, 0.1) is 5.82 Å². The van der Waals surface area contributed by atoms with Gasteiger partial charge in [-0.25, -0.2) is 9.18 Å². The number of nitrogens with one attached hydrogen (secondary N) is 1. The number of carboxylic acids is 1. The largest absolute Gasteiger partial charge is 0.478 e. The first kappa shape index (κ1) is 17.2. The lowest BCUT2D eigenvalue weighted by Gasteiger charge is -2.22. The molecule has 6 nitrogen and oxygen atoms in total. The first-order valence-electron chi connectivity index (χ1n) is 7.58. The Hall–Kier alpha value is -2.15. The molecular formula is C16H20FNO5.